The van der Waals surface area contributed by atoms with Crippen LogP contribution in [0.1, 0.15) is 16.1 Å². The number of aromatic amines is 1. The van der Waals surface area contributed by atoms with E-state index in [0.29, 0.717) is 16.5 Å². The van der Waals surface area contributed by atoms with Crippen molar-refractivity contribution >= 4 is 22.6 Å². The van der Waals surface area contributed by atoms with Crippen LogP contribution in [0.5, 0.6) is 5.75 Å². The first-order valence-corrected chi connectivity index (χ1v) is 7.80. The summed E-state index contributed by atoms with van der Waals surface area (Å²) in [4.78, 5) is 35.8. The first kappa shape index (κ1) is 17.2. The van der Waals surface area contributed by atoms with Gasteiger partial charge in [0.15, 0.2) is 12.3 Å². The van der Waals surface area contributed by atoms with Gasteiger partial charge in [-0.3, -0.25) is 25.2 Å². The van der Waals surface area contributed by atoms with Gasteiger partial charge in [-0.25, -0.2) is 5.10 Å². The molecule has 8 heteroatoms. The number of nitrogens with zero attached hydrogens (tertiary/aromatic N) is 1. The average Bonchev–Trinajstić information content (AvgIpc) is 2.65. The molecule has 0 fully saturated rings. The van der Waals surface area contributed by atoms with E-state index in [9.17, 15) is 14.4 Å². The number of carbonyl (C=O) groups is 2. The number of nitrogens with one attached hydrogen (secondary N) is 3. The second-order valence-corrected chi connectivity index (χ2v) is 5.55. The molecule has 2 amide bonds. The molecular weight excluding hydrogens is 336 g/mol. The number of benzene rings is 2. The number of amides is 2. The minimum absolute atomic E-state index is 0.0000949. The van der Waals surface area contributed by atoms with Gasteiger partial charge in [0.2, 0.25) is 0 Å². The predicted molar refractivity (Wildman–Crippen MR) is 94.6 cm³/mol. The van der Waals surface area contributed by atoms with Crippen LogP contribution in [0.15, 0.2) is 53.3 Å². The maximum absolute atomic E-state index is 12.2. The van der Waals surface area contributed by atoms with E-state index in [4.69, 9.17) is 4.74 Å². The molecule has 0 bridgehead atoms. The molecule has 3 rings (SSSR count). The van der Waals surface area contributed by atoms with Crippen LogP contribution in [0, 0.1) is 6.92 Å². The van der Waals surface area contributed by atoms with Crippen LogP contribution in [0.25, 0.3) is 10.8 Å². The molecule has 0 aliphatic carbocycles. The molecule has 2 aromatic carbocycles. The molecule has 0 saturated heterocycles. The van der Waals surface area contributed by atoms with Gasteiger partial charge in [-0.2, -0.15) is 5.10 Å². The summed E-state index contributed by atoms with van der Waals surface area (Å²) >= 11 is 0. The summed E-state index contributed by atoms with van der Waals surface area (Å²) in [5, 5.41) is 6.74. The second-order valence-electron chi connectivity index (χ2n) is 5.55. The van der Waals surface area contributed by atoms with E-state index in [2.05, 4.69) is 21.0 Å². The van der Waals surface area contributed by atoms with Crippen molar-refractivity contribution < 1.29 is 14.3 Å². The number of fused-ring (bicyclic) bond motifs is 1. The third kappa shape index (κ3) is 3.86. The Bertz CT molecular complexity index is 1030. The summed E-state index contributed by atoms with van der Waals surface area (Å²) in [6.07, 6.45) is 0. The molecule has 3 aromatic rings. The van der Waals surface area contributed by atoms with Crippen LogP contribution in [-0.2, 0) is 4.79 Å². The molecule has 0 saturated carbocycles. The van der Waals surface area contributed by atoms with E-state index in [0.717, 1.165) is 5.56 Å². The third-order valence-electron chi connectivity index (χ3n) is 3.59. The summed E-state index contributed by atoms with van der Waals surface area (Å²) in [5.74, 6) is -0.630. The van der Waals surface area contributed by atoms with Gasteiger partial charge >= 0.3 is 0 Å². The van der Waals surface area contributed by atoms with E-state index in [1.165, 1.54) is 0 Å². The highest BCUT2D eigenvalue weighted by atomic mass is 16.5. The van der Waals surface area contributed by atoms with Gasteiger partial charge in [0.25, 0.3) is 17.4 Å². The van der Waals surface area contributed by atoms with Crippen molar-refractivity contribution in [1.29, 1.82) is 0 Å². The summed E-state index contributed by atoms with van der Waals surface area (Å²) < 4.78 is 5.35. The lowest BCUT2D eigenvalue weighted by Crippen LogP contribution is -2.44. The Labute approximate surface area is 148 Å². The Morgan fingerprint density at radius 2 is 1.85 bits per heavy atom. The number of carbonyl (C=O) groups excluding carboxylic acids is 2. The highest BCUT2D eigenvalue weighted by Gasteiger charge is 2.14. The van der Waals surface area contributed by atoms with Gasteiger partial charge in [0.05, 0.1) is 5.39 Å². The fourth-order valence-corrected chi connectivity index (χ4v) is 2.36. The number of aromatic nitrogens is 2. The van der Waals surface area contributed by atoms with Crippen LogP contribution in [0.2, 0.25) is 0 Å². The SMILES string of the molecule is Cc1cccc(OCC(=O)NNC(=O)c2n[nH]c(=O)c3ccccc23)c1. The number of H-pyrrole nitrogens is 1. The molecular formula is C18H16N4O4. The summed E-state index contributed by atoms with van der Waals surface area (Å²) in [7, 11) is 0. The molecule has 0 atom stereocenters. The lowest BCUT2D eigenvalue weighted by atomic mass is 10.1. The molecule has 0 aliphatic heterocycles. The lowest BCUT2D eigenvalue weighted by Gasteiger charge is -2.09. The highest BCUT2D eigenvalue weighted by molar-refractivity contribution is 6.05. The van der Waals surface area contributed by atoms with Gasteiger partial charge < -0.3 is 4.74 Å². The molecule has 0 radical (unpaired) electrons. The van der Waals surface area contributed by atoms with Gasteiger partial charge in [-0.15, -0.1) is 0 Å². The van der Waals surface area contributed by atoms with E-state index < -0.39 is 17.4 Å². The van der Waals surface area contributed by atoms with Crippen LogP contribution in [0.3, 0.4) is 0 Å². The monoisotopic (exact) mass is 352 g/mol. The Morgan fingerprint density at radius 1 is 1.08 bits per heavy atom. The molecule has 0 spiro atoms. The first-order chi connectivity index (χ1) is 12.5. The highest BCUT2D eigenvalue weighted by Crippen LogP contribution is 2.12. The predicted octanol–water partition coefficient (Wildman–Crippen LogP) is 1.07. The maximum atomic E-state index is 12.2. The van der Waals surface area contributed by atoms with E-state index >= 15 is 0 Å². The van der Waals surface area contributed by atoms with E-state index in [1.54, 1.807) is 36.4 Å². The third-order valence-corrected chi connectivity index (χ3v) is 3.59. The summed E-state index contributed by atoms with van der Waals surface area (Å²) in [5.41, 5.74) is 5.12. The smallest absolute Gasteiger partial charge is 0.290 e. The summed E-state index contributed by atoms with van der Waals surface area (Å²) in [6.45, 7) is 1.65. The van der Waals surface area contributed by atoms with Gasteiger partial charge in [-0.05, 0) is 30.7 Å². The normalized spacial score (nSPS) is 10.3. The van der Waals surface area contributed by atoms with E-state index in [1.807, 2.05) is 19.1 Å². The van der Waals surface area contributed by atoms with Gasteiger partial charge in [0, 0.05) is 5.39 Å². The van der Waals surface area contributed by atoms with Crippen LogP contribution < -0.4 is 21.1 Å². The number of hydrazine groups is 1. The van der Waals surface area contributed by atoms with Gasteiger partial charge in [0.1, 0.15) is 5.75 Å². The minimum atomic E-state index is -0.652. The molecule has 8 nitrogen and oxygen atoms in total. The van der Waals surface area contributed by atoms with Crippen molar-refractivity contribution in [2.75, 3.05) is 6.61 Å². The van der Waals surface area contributed by atoms with Crippen LogP contribution >= 0.6 is 0 Å². The zero-order valence-corrected chi connectivity index (χ0v) is 13.9. The summed E-state index contributed by atoms with van der Waals surface area (Å²) in [6, 6.07) is 13.8. The minimum Gasteiger partial charge on any atom is -0.484 e. The Morgan fingerprint density at radius 3 is 2.62 bits per heavy atom. The van der Waals surface area contributed by atoms with Crippen molar-refractivity contribution in [1.82, 2.24) is 21.0 Å². The first-order valence-electron chi connectivity index (χ1n) is 7.80. The van der Waals surface area contributed by atoms with Crippen molar-refractivity contribution in [2.45, 2.75) is 6.92 Å². The Hall–Kier alpha value is -3.68. The van der Waals surface area contributed by atoms with Crippen LogP contribution in [0.4, 0.5) is 0 Å². The number of ether oxygens (including phenoxy) is 1. The fourth-order valence-electron chi connectivity index (χ4n) is 2.36. The average molecular weight is 352 g/mol. The quantitative estimate of drug-likeness (QED) is 0.608. The van der Waals surface area contributed by atoms with Crippen molar-refractivity contribution in [2.24, 2.45) is 0 Å². The Balaban J connectivity index is 1.61. The maximum Gasteiger partial charge on any atom is 0.290 e. The molecule has 3 N–H and O–H groups in total. The van der Waals surface area contributed by atoms with Crippen molar-refractivity contribution in [3.8, 4) is 5.75 Å². The van der Waals surface area contributed by atoms with Crippen molar-refractivity contribution in [3.05, 3.63) is 70.1 Å². The molecule has 0 unspecified atom stereocenters. The van der Waals surface area contributed by atoms with Crippen molar-refractivity contribution in [3.63, 3.8) is 0 Å². The zero-order valence-electron chi connectivity index (χ0n) is 13.9. The topological polar surface area (TPSA) is 113 Å². The van der Waals surface area contributed by atoms with Gasteiger partial charge in [-0.1, -0.05) is 30.3 Å². The molecule has 1 aromatic heterocycles. The fraction of sp³-hybridized carbons (Fsp3) is 0.111. The molecule has 132 valence electrons. The number of hydrogen-bond donors (Lipinski definition) is 3. The number of rotatable bonds is 4. The number of aryl methyl sites for hydroxylation is 1. The van der Waals surface area contributed by atoms with E-state index in [-0.39, 0.29) is 12.3 Å². The molecule has 26 heavy (non-hydrogen) atoms. The standard InChI is InChI=1S/C18H16N4O4/c1-11-5-4-6-12(9-11)26-10-15(23)19-22-18(25)16-13-7-2-3-8-14(13)17(24)21-20-16/h2-9H,10H2,1H3,(H,19,23)(H,21,24)(H,22,25). The Kier molecular flexibility index (Phi) is 4.93. The molecule has 0 aliphatic rings. The lowest BCUT2D eigenvalue weighted by molar-refractivity contribution is -0.123. The largest absolute Gasteiger partial charge is 0.484 e. The second kappa shape index (κ2) is 7.47. The molecule has 1 heterocycles. The zero-order chi connectivity index (χ0) is 18.5. The number of hydrogen-bond acceptors (Lipinski definition) is 5. The van der Waals surface area contributed by atoms with Crippen LogP contribution in [-0.4, -0.2) is 28.6 Å².